The van der Waals surface area contributed by atoms with E-state index in [4.69, 9.17) is 4.42 Å². The third-order valence-electron chi connectivity index (χ3n) is 15.2. The highest BCUT2D eigenvalue weighted by atomic mass is 16.3. The SMILES string of the molecule is Cc1ccc2c(c1)C(c1ccc(-c3cccc4c3oc3ccccc34)cc1)(C1(C)C=Cc3ccccc3C1)c1ccccc1-2.Cc1ccccc1C(C)(C)c1cc(-c2ccccc2)ccc1C. The minimum Gasteiger partial charge on any atom is -0.455 e. The fourth-order valence-electron chi connectivity index (χ4n) is 11.9. The lowest BCUT2D eigenvalue weighted by Crippen LogP contribution is -2.45. The van der Waals surface area contributed by atoms with Crippen molar-refractivity contribution in [3.63, 3.8) is 0 Å². The van der Waals surface area contributed by atoms with E-state index in [1.54, 1.807) is 0 Å². The highest BCUT2D eigenvalue weighted by Crippen LogP contribution is 2.63. The van der Waals surface area contributed by atoms with Gasteiger partial charge in [0.1, 0.15) is 11.2 Å². The van der Waals surface area contributed by atoms with Crippen molar-refractivity contribution in [3.05, 3.63) is 268 Å². The van der Waals surface area contributed by atoms with E-state index in [9.17, 15) is 0 Å². The molecule has 0 radical (unpaired) electrons. The molecule has 0 N–H and O–H groups in total. The van der Waals surface area contributed by atoms with Crippen LogP contribution in [0.3, 0.4) is 0 Å². The summed E-state index contributed by atoms with van der Waals surface area (Å²) in [6.45, 7) is 13.8. The zero-order chi connectivity index (χ0) is 45.9. The summed E-state index contributed by atoms with van der Waals surface area (Å²) >= 11 is 0. The highest BCUT2D eigenvalue weighted by Gasteiger charge is 2.56. The maximum atomic E-state index is 6.43. The number of fused-ring (bicyclic) bond motifs is 7. The lowest BCUT2D eigenvalue weighted by Gasteiger charge is -2.49. The van der Waals surface area contributed by atoms with E-state index in [0.717, 1.165) is 33.9 Å². The summed E-state index contributed by atoms with van der Waals surface area (Å²) in [5.41, 5.74) is 22.4. The third kappa shape index (κ3) is 6.91. The maximum absolute atomic E-state index is 6.43. The van der Waals surface area contributed by atoms with Gasteiger partial charge in [0.2, 0.25) is 0 Å². The van der Waals surface area contributed by atoms with E-state index in [1.807, 2.05) is 6.07 Å². The normalized spacial score (nSPS) is 17.1. The number of allylic oxidation sites excluding steroid dienone is 1. The van der Waals surface area contributed by atoms with Crippen LogP contribution in [0.15, 0.2) is 217 Å². The Hall–Kier alpha value is -7.48. The number of aryl methyl sites for hydroxylation is 3. The Morgan fingerprint density at radius 2 is 1.13 bits per heavy atom. The fraction of sp³-hybridized carbons (Fsp3) is 0.152. The van der Waals surface area contributed by atoms with Crippen LogP contribution in [0.2, 0.25) is 0 Å². The molecule has 2 aliphatic rings. The number of hydrogen-bond acceptors (Lipinski definition) is 1. The van der Waals surface area contributed by atoms with Crippen LogP contribution in [-0.4, -0.2) is 0 Å². The number of hydrogen-bond donors (Lipinski definition) is 0. The second-order valence-corrected chi connectivity index (χ2v) is 19.7. The van der Waals surface area contributed by atoms with E-state index in [1.165, 1.54) is 83.5 Å². The molecular weight excluding hydrogens is 809 g/mol. The van der Waals surface area contributed by atoms with Crippen molar-refractivity contribution >= 4 is 28.0 Å². The van der Waals surface area contributed by atoms with Crippen LogP contribution in [0.1, 0.15) is 76.4 Å². The Kier molecular flexibility index (Phi) is 10.3. The Balaban J connectivity index is 0.000000182. The molecule has 1 aromatic heterocycles. The van der Waals surface area contributed by atoms with Crippen LogP contribution >= 0.6 is 0 Å². The first kappa shape index (κ1) is 42.2. The predicted octanol–water partition coefficient (Wildman–Crippen LogP) is 17.4. The molecule has 12 rings (SSSR count). The topological polar surface area (TPSA) is 13.1 Å². The van der Waals surface area contributed by atoms with Crippen LogP contribution in [0.4, 0.5) is 0 Å². The highest BCUT2D eigenvalue weighted by molar-refractivity contribution is 6.09. The molecule has 326 valence electrons. The second-order valence-electron chi connectivity index (χ2n) is 19.7. The van der Waals surface area contributed by atoms with Crippen molar-refractivity contribution in [1.82, 2.24) is 0 Å². The number of benzene rings is 9. The first-order valence-corrected chi connectivity index (χ1v) is 23.8. The summed E-state index contributed by atoms with van der Waals surface area (Å²) in [7, 11) is 0. The zero-order valence-electron chi connectivity index (χ0n) is 39.4. The largest absolute Gasteiger partial charge is 0.455 e. The molecule has 2 aliphatic carbocycles. The molecule has 67 heavy (non-hydrogen) atoms. The van der Waals surface area contributed by atoms with Crippen molar-refractivity contribution < 1.29 is 4.42 Å². The van der Waals surface area contributed by atoms with Gasteiger partial charge in [-0.05, 0) is 111 Å². The van der Waals surface area contributed by atoms with Gasteiger partial charge in [0, 0.05) is 27.2 Å². The van der Waals surface area contributed by atoms with Crippen LogP contribution in [0.5, 0.6) is 0 Å². The van der Waals surface area contributed by atoms with Gasteiger partial charge < -0.3 is 4.42 Å². The smallest absolute Gasteiger partial charge is 0.143 e. The minimum absolute atomic E-state index is 0.0137. The van der Waals surface area contributed by atoms with Crippen molar-refractivity contribution in [2.75, 3.05) is 0 Å². The van der Waals surface area contributed by atoms with Gasteiger partial charge in [-0.1, -0.05) is 239 Å². The molecule has 1 nitrogen and oxygen atoms in total. The lowest BCUT2D eigenvalue weighted by molar-refractivity contribution is 0.288. The first-order valence-electron chi connectivity index (χ1n) is 23.8. The molecule has 0 saturated heterocycles. The molecule has 10 aromatic rings. The van der Waals surface area contributed by atoms with Gasteiger partial charge in [-0.3, -0.25) is 0 Å². The molecule has 0 spiro atoms. The Labute approximate surface area is 396 Å². The van der Waals surface area contributed by atoms with E-state index < -0.39 is 0 Å². The molecule has 1 heterocycles. The molecule has 2 unspecified atom stereocenters. The maximum Gasteiger partial charge on any atom is 0.143 e. The average Bonchev–Trinajstić information content (AvgIpc) is 3.89. The van der Waals surface area contributed by atoms with Crippen molar-refractivity contribution in [1.29, 1.82) is 0 Å². The standard InChI is InChI=1S/C43H32O.C23H24/c1-28-18-23-35-34-12-5-7-16-38(34)43(39(35)26-28,42(2)25-24-29-10-3-4-11-31(29)27-42)32-21-19-30(20-22-32)33-14-9-15-37-36-13-6-8-17-40(36)44-41(33)37;1-17-10-8-9-13-21(17)23(3,4)22-16-20(15-14-18(22)2)19-11-6-5-7-12-19/h3-26H,27H2,1-2H3;5-16H,1-4H3. The Morgan fingerprint density at radius 3 is 1.97 bits per heavy atom. The molecule has 0 amide bonds. The van der Waals surface area contributed by atoms with Crippen LogP contribution in [0.25, 0.3) is 61.4 Å². The summed E-state index contributed by atoms with van der Waals surface area (Å²) in [5, 5.41) is 2.32. The molecular formula is C66H56O. The summed E-state index contributed by atoms with van der Waals surface area (Å²) < 4.78 is 6.43. The number of para-hydroxylation sites is 2. The second kappa shape index (κ2) is 16.4. The lowest BCUT2D eigenvalue weighted by atomic mass is 9.53. The minimum atomic E-state index is -0.362. The number of furan rings is 1. The Bertz CT molecular complexity index is 3510. The van der Waals surface area contributed by atoms with Crippen molar-refractivity contribution in [2.45, 2.75) is 58.8 Å². The molecule has 0 bridgehead atoms. The molecule has 1 heteroatoms. The summed E-state index contributed by atoms with van der Waals surface area (Å²) in [6, 6.07) is 75.3. The molecule has 0 aliphatic heterocycles. The van der Waals surface area contributed by atoms with Gasteiger partial charge in [0.05, 0.1) is 5.41 Å². The summed E-state index contributed by atoms with van der Waals surface area (Å²) in [4.78, 5) is 0. The molecule has 0 fully saturated rings. The molecule has 0 saturated carbocycles. The van der Waals surface area contributed by atoms with Crippen molar-refractivity contribution in [3.8, 4) is 33.4 Å². The van der Waals surface area contributed by atoms with Gasteiger partial charge in [0.15, 0.2) is 0 Å². The van der Waals surface area contributed by atoms with Gasteiger partial charge >= 0.3 is 0 Å². The van der Waals surface area contributed by atoms with E-state index in [2.05, 4.69) is 254 Å². The number of rotatable bonds is 6. The average molecular weight is 865 g/mol. The monoisotopic (exact) mass is 864 g/mol. The van der Waals surface area contributed by atoms with Crippen LogP contribution in [0, 0.1) is 26.2 Å². The summed E-state index contributed by atoms with van der Waals surface area (Å²) in [5.74, 6) is 0. The van der Waals surface area contributed by atoms with E-state index in [0.29, 0.717) is 0 Å². The van der Waals surface area contributed by atoms with E-state index in [-0.39, 0.29) is 16.2 Å². The third-order valence-corrected chi connectivity index (χ3v) is 15.2. The van der Waals surface area contributed by atoms with Crippen LogP contribution in [-0.2, 0) is 17.3 Å². The fourth-order valence-corrected chi connectivity index (χ4v) is 11.9. The first-order chi connectivity index (χ1) is 32.6. The van der Waals surface area contributed by atoms with Gasteiger partial charge in [0.25, 0.3) is 0 Å². The van der Waals surface area contributed by atoms with Gasteiger partial charge in [-0.15, -0.1) is 0 Å². The quantitative estimate of drug-likeness (QED) is 0.162. The Morgan fingerprint density at radius 1 is 0.478 bits per heavy atom. The van der Waals surface area contributed by atoms with Gasteiger partial charge in [-0.2, -0.15) is 0 Å². The predicted molar refractivity (Wildman–Crippen MR) is 283 cm³/mol. The summed E-state index contributed by atoms with van der Waals surface area (Å²) in [6.07, 6.45) is 5.81. The van der Waals surface area contributed by atoms with Gasteiger partial charge in [-0.25, -0.2) is 0 Å². The van der Waals surface area contributed by atoms with E-state index >= 15 is 0 Å². The van der Waals surface area contributed by atoms with Crippen molar-refractivity contribution in [2.24, 2.45) is 5.41 Å². The van der Waals surface area contributed by atoms with Crippen LogP contribution < -0.4 is 0 Å². The zero-order valence-corrected chi connectivity index (χ0v) is 39.4. The molecule has 2 atom stereocenters. The molecule has 9 aromatic carbocycles.